The lowest BCUT2D eigenvalue weighted by atomic mass is 10.2. The van der Waals surface area contributed by atoms with Crippen molar-refractivity contribution in [2.45, 2.75) is 19.8 Å². The first-order valence-corrected chi connectivity index (χ1v) is 12.3. The number of sulfonamides is 1. The van der Waals surface area contributed by atoms with E-state index in [-0.39, 0.29) is 12.5 Å². The van der Waals surface area contributed by atoms with Crippen molar-refractivity contribution in [1.82, 2.24) is 4.90 Å². The summed E-state index contributed by atoms with van der Waals surface area (Å²) in [7, 11) is -3.41. The number of rotatable bonds is 7. The van der Waals surface area contributed by atoms with Crippen molar-refractivity contribution in [1.29, 1.82) is 0 Å². The van der Waals surface area contributed by atoms with Gasteiger partial charge in [-0.2, -0.15) is 0 Å². The van der Waals surface area contributed by atoms with Crippen molar-refractivity contribution in [3.05, 3.63) is 59.1 Å². The largest absolute Gasteiger partial charge is 0.368 e. The van der Waals surface area contributed by atoms with E-state index in [1.165, 1.54) is 10.6 Å². The summed E-state index contributed by atoms with van der Waals surface area (Å²) < 4.78 is 25.8. The van der Waals surface area contributed by atoms with E-state index in [2.05, 4.69) is 4.90 Å². The number of piperazine rings is 1. The van der Waals surface area contributed by atoms with Crippen molar-refractivity contribution in [3.63, 3.8) is 0 Å². The minimum Gasteiger partial charge on any atom is -0.368 e. The second-order valence-electron chi connectivity index (χ2n) is 7.63. The first-order chi connectivity index (χ1) is 14.2. The molecule has 2 aromatic carbocycles. The number of anilines is 2. The van der Waals surface area contributed by atoms with Gasteiger partial charge in [0.1, 0.15) is 0 Å². The molecule has 162 valence electrons. The Bertz CT molecular complexity index is 989. The van der Waals surface area contributed by atoms with Gasteiger partial charge in [0.05, 0.1) is 11.9 Å². The van der Waals surface area contributed by atoms with Gasteiger partial charge in [-0.15, -0.1) is 0 Å². The molecule has 0 atom stereocenters. The van der Waals surface area contributed by atoms with Crippen molar-refractivity contribution in [3.8, 4) is 0 Å². The van der Waals surface area contributed by atoms with Gasteiger partial charge in [0.25, 0.3) is 0 Å². The van der Waals surface area contributed by atoms with E-state index in [0.717, 1.165) is 24.3 Å². The fourth-order valence-electron chi connectivity index (χ4n) is 3.69. The van der Waals surface area contributed by atoms with Gasteiger partial charge < -0.3 is 9.80 Å². The molecule has 0 unspecified atom stereocenters. The molecule has 1 aliphatic rings. The molecule has 30 heavy (non-hydrogen) atoms. The normalized spacial score (nSPS) is 14.6. The Kier molecular flexibility index (Phi) is 7.26. The second kappa shape index (κ2) is 9.71. The van der Waals surface area contributed by atoms with Crippen molar-refractivity contribution >= 4 is 38.9 Å². The van der Waals surface area contributed by atoms with Crippen LogP contribution in [0.3, 0.4) is 0 Å². The van der Waals surface area contributed by atoms with Gasteiger partial charge in [-0.3, -0.25) is 9.10 Å². The van der Waals surface area contributed by atoms with Crippen LogP contribution in [0.1, 0.15) is 18.4 Å². The molecule has 1 amide bonds. The molecular formula is C22H28ClN3O3S. The average Bonchev–Trinajstić information content (AvgIpc) is 2.70. The highest BCUT2D eigenvalue weighted by Gasteiger charge is 2.22. The van der Waals surface area contributed by atoms with E-state index in [1.807, 2.05) is 54.3 Å². The minimum atomic E-state index is -3.41. The van der Waals surface area contributed by atoms with Gasteiger partial charge >= 0.3 is 0 Å². The fourth-order valence-corrected chi connectivity index (χ4v) is 4.83. The number of carbonyl (C=O) groups is 1. The third-order valence-corrected chi connectivity index (χ3v) is 6.68. The van der Waals surface area contributed by atoms with Crippen molar-refractivity contribution < 1.29 is 13.2 Å². The minimum absolute atomic E-state index is 0.0680. The number of hydrogen-bond acceptors (Lipinski definition) is 4. The van der Waals surface area contributed by atoms with Gasteiger partial charge in [0.2, 0.25) is 15.9 Å². The third kappa shape index (κ3) is 5.89. The molecule has 1 fully saturated rings. The summed E-state index contributed by atoms with van der Waals surface area (Å²) in [5.74, 6) is 0.0680. The summed E-state index contributed by atoms with van der Waals surface area (Å²) in [6, 6.07) is 15.1. The molecule has 0 aromatic heterocycles. The topological polar surface area (TPSA) is 60.9 Å². The van der Waals surface area contributed by atoms with Crippen LogP contribution >= 0.6 is 11.6 Å². The number of carbonyl (C=O) groups excluding carboxylic acids is 1. The van der Waals surface area contributed by atoms with E-state index in [4.69, 9.17) is 11.6 Å². The van der Waals surface area contributed by atoms with Crippen molar-refractivity contribution in [2.24, 2.45) is 0 Å². The lowest BCUT2D eigenvalue weighted by molar-refractivity contribution is -0.131. The van der Waals surface area contributed by atoms with Gasteiger partial charge in [0, 0.05) is 49.9 Å². The Morgan fingerprint density at radius 3 is 2.40 bits per heavy atom. The second-order valence-corrected chi connectivity index (χ2v) is 9.97. The standard InChI is InChI=1S/C22H28ClN3O3S/c1-18-6-3-9-21(16-18)26(30(2,28)29)11-5-10-22(27)25-14-12-24(13-15-25)20-8-4-7-19(23)17-20/h3-4,6-9,16-17H,5,10-15H2,1-2H3. The molecule has 0 radical (unpaired) electrons. The number of nitrogens with zero attached hydrogens (tertiary/aromatic N) is 3. The summed E-state index contributed by atoms with van der Waals surface area (Å²) in [5, 5.41) is 0.704. The molecule has 0 aliphatic carbocycles. The first kappa shape index (κ1) is 22.4. The Balaban J connectivity index is 1.51. The average molecular weight is 450 g/mol. The van der Waals surface area contributed by atoms with E-state index >= 15 is 0 Å². The fraction of sp³-hybridized carbons (Fsp3) is 0.409. The lowest BCUT2D eigenvalue weighted by Gasteiger charge is -2.36. The Labute approximate surface area is 184 Å². The zero-order valence-electron chi connectivity index (χ0n) is 17.4. The number of aryl methyl sites for hydroxylation is 1. The van der Waals surface area contributed by atoms with Crippen molar-refractivity contribution in [2.75, 3.05) is 48.2 Å². The number of hydrogen-bond donors (Lipinski definition) is 0. The van der Waals surface area contributed by atoms with Gasteiger partial charge in [-0.05, 0) is 49.2 Å². The monoisotopic (exact) mass is 449 g/mol. The summed E-state index contributed by atoms with van der Waals surface area (Å²) in [6.45, 7) is 5.03. The smallest absolute Gasteiger partial charge is 0.232 e. The predicted octanol–water partition coefficient (Wildman–Crippen LogP) is 3.54. The van der Waals surface area contributed by atoms with Gasteiger partial charge in [-0.25, -0.2) is 8.42 Å². The van der Waals surface area contributed by atoms with Crippen LogP contribution < -0.4 is 9.21 Å². The molecule has 1 aliphatic heterocycles. The zero-order valence-corrected chi connectivity index (χ0v) is 19.0. The molecule has 1 saturated heterocycles. The maximum atomic E-state index is 12.6. The van der Waals surface area contributed by atoms with E-state index in [1.54, 1.807) is 6.07 Å². The zero-order chi connectivity index (χ0) is 21.7. The summed E-state index contributed by atoms with van der Waals surface area (Å²) >= 11 is 6.07. The molecule has 0 N–H and O–H groups in total. The van der Waals surface area contributed by atoms with Crippen LogP contribution in [0.15, 0.2) is 48.5 Å². The van der Waals surface area contributed by atoms with Crippen LogP contribution in [-0.4, -0.2) is 58.2 Å². The van der Waals surface area contributed by atoms with Crippen LogP contribution in [0.25, 0.3) is 0 Å². The van der Waals surface area contributed by atoms with E-state index in [9.17, 15) is 13.2 Å². The van der Waals surface area contributed by atoms with Gasteiger partial charge in [0.15, 0.2) is 0 Å². The Hall–Kier alpha value is -2.25. The molecule has 2 aromatic rings. The van der Waals surface area contributed by atoms with E-state index in [0.29, 0.717) is 36.6 Å². The number of amides is 1. The Morgan fingerprint density at radius 1 is 1.07 bits per heavy atom. The maximum Gasteiger partial charge on any atom is 0.232 e. The molecule has 6 nitrogen and oxygen atoms in total. The van der Waals surface area contributed by atoms with Crippen LogP contribution in [0.2, 0.25) is 5.02 Å². The molecule has 1 heterocycles. The highest BCUT2D eigenvalue weighted by Crippen LogP contribution is 2.22. The predicted molar refractivity (Wildman–Crippen MR) is 123 cm³/mol. The molecule has 0 saturated carbocycles. The summed E-state index contributed by atoms with van der Waals surface area (Å²) in [4.78, 5) is 16.7. The molecule has 0 bridgehead atoms. The number of halogens is 1. The third-order valence-electron chi connectivity index (χ3n) is 5.25. The Morgan fingerprint density at radius 2 is 1.77 bits per heavy atom. The SMILES string of the molecule is Cc1cccc(N(CCCC(=O)N2CCN(c3cccc(Cl)c3)CC2)S(C)(=O)=O)c1. The molecular weight excluding hydrogens is 422 g/mol. The number of benzene rings is 2. The molecule has 0 spiro atoms. The molecule has 8 heteroatoms. The van der Waals surface area contributed by atoms with Crippen LogP contribution in [0, 0.1) is 6.92 Å². The lowest BCUT2D eigenvalue weighted by Crippen LogP contribution is -2.48. The van der Waals surface area contributed by atoms with Gasteiger partial charge in [-0.1, -0.05) is 29.8 Å². The highest BCUT2D eigenvalue weighted by molar-refractivity contribution is 7.92. The van der Waals surface area contributed by atoms with Crippen LogP contribution in [-0.2, 0) is 14.8 Å². The van der Waals surface area contributed by atoms with Crippen LogP contribution in [0.5, 0.6) is 0 Å². The summed E-state index contributed by atoms with van der Waals surface area (Å²) in [5.41, 5.74) is 2.70. The summed E-state index contributed by atoms with van der Waals surface area (Å²) in [6.07, 6.45) is 2.01. The maximum absolute atomic E-state index is 12.6. The highest BCUT2D eigenvalue weighted by atomic mass is 35.5. The molecule has 3 rings (SSSR count). The van der Waals surface area contributed by atoms with E-state index < -0.39 is 10.0 Å². The van der Waals surface area contributed by atoms with Crippen LogP contribution in [0.4, 0.5) is 11.4 Å². The quantitative estimate of drug-likeness (QED) is 0.648. The first-order valence-electron chi connectivity index (χ1n) is 10.1.